The summed E-state index contributed by atoms with van der Waals surface area (Å²) in [4.78, 5) is 19.6. The van der Waals surface area contributed by atoms with Gasteiger partial charge in [-0.2, -0.15) is 0 Å². The van der Waals surface area contributed by atoms with Crippen LogP contribution in [0.4, 0.5) is 17.1 Å². The number of para-hydroxylation sites is 1. The van der Waals surface area contributed by atoms with Crippen molar-refractivity contribution in [3.05, 3.63) is 94.5 Å². The normalized spacial score (nSPS) is 10.8. The Morgan fingerprint density at radius 1 is 0.893 bits per heavy atom. The van der Waals surface area contributed by atoms with E-state index in [0.29, 0.717) is 24.2 Å². The average Bonchev–Trinajstić information content (AvgIpc) is 2.74. The number of nitrogens with one attached hydrogen (secondary N) is 3. The minimum atomic E-state index is -0.0833. The van der Waals surface area contributed by atoms with E-state index < -0.39 is 0 Å². The molecule has 4 rings (SSSR count). The monoisotopic (exact) mass is 370 g/mol. The van der Waals surface area contributed by atoms with Gasteiger partial charge < -0.3 is 15.6 Å². The van der Waals surface area contributed by atoms with Gasteiger partial charge in [0, 0.05) is 30.0 Å². The van der Waals surface area contributed by atoms with Crippen LogP contribution in [-0.4, -0.2) is 9.97 Å². The fraction of sp³-hybridized carbons (Fsp3) is 0.130. The molecule has 3 aromatic carbocycles. The number of aromatic amines is 1. The molecule has 140 valence electrons. The Balaban J connectivity index is 1.44. The molecule has 0 aliphatic carbocycles. The van der Waals surface area contributed by atoms with Crippen LogP contribution in [0.5, 0.6) is 0 Å². The Kier molecular flexibility index (Phi) is 5.06. The molecule has 0 saturated carbocycles. The third-order valence-corrected chi connectivity index (χ3v) is 4.60. The van der Waals surface area contributed by atoms with Crippen LogP contribution in [0.3, 0.4) is 0 Å². The highest BCUT2D eigenvalue weighted by atomic mass is 16.1. The Hall–Kier alpha value is -3.60. The summed E-state index contributed by atoms with van der Waals surface area (Å²) in [5, 5.41) is 7.39. The molecule has 0 aliphatic heterocycles. The van der Waals surface area contributed by atoms with Crippen molar-refractivity contribution in [2.45, 2.75) is 19.9 Å². The van der Waals surface area contributed by atoms with Gasteiger partial charge in [0.25, 0.3) is 5.56 Å². The van der Waals surface area contributed by atoms with E-state index in [1.165, 1.54) is 0 Å². The lowest BCUT2D eigenvalue weighted by Crippen LogP contribution is -2.12. The van der Waals surface area contributed by atoms with E-state index in [-0.39, 0.29) is 5.56 Å². The van der Waals surface area contributed by atoms with Crippen molar-refractivity contribution in [1.82, 2.24) is 9.97 Å². The van der Waals surface area contributed by atoms with Gasteiger partial charge in [-0.05, 0) is 54.1 Å². The summed E-state index contributed by atoms with van der Waals surface area (Å²) >= 11 is 0. The van der Waals surface area contributed by atoms with Crippen LogP contribution in [0.25, 0.3) is 10.9 Å². The molecule has 28 heavy (non-hydrogen) atoms. The van der Waals surface area contributed by atoms with Crippen molar-refractivity contribution >= 4 is 28.0 Å². The maximum atomic E-state index is 12.2. The zero-order valence-electron chi connectivity index (χ0n) is 15.7. The number of benzene rings is 3. The number of aromatic nitrogens is 2. The van der Waals surface area contributed by atoms with E-state index in [9.17, 15) is 4.79 Å². The first-order chi connectivity index (χ1) is 13.7. The summed E-state index contributed by atoms with van der Waals surface area (Å²) in [6.07, 6.45) is 0.712. The lowest BCUT2D eigenvalue weighted by Gasteiger charge is -2.10. The van der Waals surface area contributed by atoms with Crippen molar-refractivity contribution in [1.29, 1.82) is 0 Å². The third kappa shape index (κ3) is 4.04. The minimum absolute atomic E-state index is 0.0833. The van der Waals surface area contributed by atoms with Gasteiger partial charge in [0.1, 0.15) is 5.82 Å². The van der Waals surface area contributed by atoms with Crippen LogP contribution in [0, 0.1) is 0 Å². The zero-order valence-corrected chi connectivity index (χ0v) is 15.7. The number of hydrogen-bond acceptors (Lipinski definition) is 4. The molecule has 0 atom stereocenters. The Labute approximate surface area is 163 Å². The van der Waals surface area contributed by atoms with E-state index >= 15 is 0 Å². The van der Waals surface area contributed by atoms with Crippen molar-refractivity contribution in [2.24, 2.45) is 0 Å². The SMILES string of the molecule is CCc1nc2ccc(CNc3ccc(Nc4ccccc4)cc3)cc2c(=O)[nH]1. The molecule has 4 aromatic rings. The predicted molar refractivity (Wildman–Crippen MR) is 115 cm³/mol. The zero-order chi connectivity index (χ0) is 19.3. The molecule has 5 nitrogen and oxygen atoms in total. The van der Waals surface area contributed by atoms with Gasteiger partial charge in [-0.3, -0.25) is 4.79 Å². The lowest BCUT2D eigenvalue weighted by atomic mass is 10.1. The highest BCUT2D eigenvalue weighted by Crippen LogP contribution is 2.19. The van der Waals surface area contributed by atoms with Crippen molar-refractivity contribution in [3.8, 4) is 0 Å². The van der Waals surface area contributed by atoms with E-state index in [1.807, 2.05) is 79.7 Å². The molecular weight excluding hydrogens is 348 g/mol. The Morgan fingerprint density at radius 2 is 1.61 bits per heavy atom. The third-order valence-electron chi connectivity index (χ3n) is 4.60. The fourth-order valence-electron chi connectivity index (χ4n) is 3.08. The number of aryl methyl sites for hydroxylation is 1. The van der Waals surface area contributed by atoms with E-state index in [1.54, 1.807) is 0 Å². The quantitative estimate of drug-likeness (QED) is 0.454. The maximum Gasteiger partial charge on any atom is 0.258 e. The molecule has 1 heterocycles. The topological polar surface area (TPSA) is 69.8 Å². The summed E-state index contributed by atoms with van der Waals surface area (Å²) in [7, 11) is 0. The summed E-state index contributed by atoms with van der Waals surface area (Å²) in [6, 6.07) is 24.0. The molecule has 0 radical (unpaired) electrons. The second kappa shape index (κ2) is 7.96. The summed E-state index contributed by atoms with van der Waals surface area (Å²) in [5.74, 6) is 0.715. The van der Waals surface area contributed by atoms with Gasteiger partial charge in [-0.25, -0.2) is 4.98 Å². The first-order valence-electron chi connectivity index (χ1n) is 9.39. The molecule has 0 unspecified atom stereocenters. The molecule has 0 bridgehead atoms. The largest absolute Gasteiger partial charge is 0.381 e. The molecule has 5 heteroatoms. The number of nitrogens with zero attached hydrogens (tertiary/aromatic N) is 1. The van der Waals surface area contributed by atoms with Gasteiger partial charge in [0.2, 0.25) is 0 Å². The van der Waals surface area contributed by atoms with Crippen molar-refractivity contribution in [2.75, 3.05) is 10.6 Å². The number of hydrogen-bond donors (Lipinski definition) is 3. The van der Waals surface area contributed by atoms with Crippen molar-refractivity contribution < 1.29 is 0 Å². The molecule has 1 aromatic heterocycles. The Morgan fingerprint density at radius 3 is 2.36 bits per heavy atom. The molecule has 0 saturated heterocycles. The van der Waals surface area contributed by atoms with Crippen LogP contribution in [0.1, 0.15) is 18.3 Å². The second-order valence-electron chi connectivity index (χ2n) is 6.64. The lowest BCUT2D eigenvalue weighted by molar-refractivity contribution is 0.943. The molecule has 0 amide bonds. The van der Waals surface area contributed by atoms with Crippen LogP contribution in [0.15, 0.2) is 77.6 Å². The van der Waals surface area contributed by atoms with Crippen LogP contribution >= 0.6 is 0 Å². The highest BCUT2D eigenvalue weighted by molar-refractivity contribution is 5.78. The highest BCUT2D eigenvalue weighted by Gasteiger charge is 2.04. The van der Waals surface area contributed by atoms with Crippen LogP contribution < -0.4 is 16.2 Å². The van der Waals surface area contributed by atoms with Crippen molar-refractivity contribution in [3.63, 3.8) is 0 Å². The van der Waals surface area contributed by atoms with Gasteiger partial charge in [0.15, 0.2) is 0 Å². The van der Waals surface area contributed by atoms with Gasteiger partial charge in [-0.15, -0.1) is 0 Å². The van der Waals surface area contributed by atoms with Crippen LogP contribution in [-0.2, 0) is 13.0 Å². The van der Waals surface area contributed by atoms with Crippen LogP contribution in [0.2, 0.25) is 0 Å². The van der Waals surface area contributed by atoms with Gasteiger partial charge in [0.05, 0.1) is 10.9 Å². The smallest absolute Gasteiger partial charge is 0.258 e. The number of H-pyrrole nitrogens is 1. The maximum absolute atomic E-state index is 12.2. The van der Waals surface area contributed by atoms with E-state index in [0.717, 1.165) is 28.1 Å². The van der Waals surface area contributed by atoms with E-state index in [2.05, 4.69) is 20.6 Å². The first kappa shape index (κ1) is 17.8. The standard InChI is InChI=1S/C23H22N4O/c1-2-22-26-21-13-8-16(14-20(21)23(28)27-22)15-24-17-9-11-19(12-10-17)25-18-6-4-3-5-7-18/h3-14,24-25H,2,15H2,1H3,(H,26,27,28). The number of rotatable bonds is 6. The van der Waals surface area contributed by atoms with Gasteiger partial charge in [-0.1, -0.05) is 31.2 Å². The minimum Gasteiger partial charge on any atom is -0.381 e. The van der Waals surface area contributed by atoms with E-state index in [4.69, 9.17) is 0 Å². The molecule has 0 fully saturated rings. The molecule has 0 spiro atoms. The molecular formula is C23H22N4O. The summed E-state index contributed by atoms with van der Waals surface area (Å²) in [6.45, 7) is 2.61. The second-order valence-corrected chi connectivity index (χ2v) is 6.64. The average molecular weight is 370 g/mol. The fourth-order valence-corrected chi connectivity index (χ4v) is 3.08. The predicted octanol–water partition coefficient (Wildman–Crippen LogP) is 4.84. The van der Waals surface area contributed by atoms with Gasteiger partial charge >= 0.3 is 0 Å². The molecule has 3 N–H and O–H groups in total. The number of anilines is 3. The number of fused-ring (bicyclic) bond motifs is 1. The summed E-state index contributed by atoms with van der Waals surface area (Å²) < 4.78 is 0. The molecule has 0 aliphatic rings. The summed E-state index contributed by atoms with van der Waals surface area (Å²) in [5.41, 5.74) is 4.81. The Bertz CT molecular complexity index is 1130. The first-order valence-corrected chi connectivity index (χ1v) is 9.39.